The highest BCUT2D eigenvalue weighted by molar-refractivity contribution is 6.11. The number of ketones is 1. The Morgan fingerprint density at radius 2 is 1.58 bits per heavy atom. The Labute approximate surface area is 144 Å². The molecule has 3 nitrogen and oxygen atoms in total. The van der Waals surface area contributed by atoms with E-state index in [0.29, 0.717) is 11.1 Å². The molecule has 0 heterocycles. The second-order valence-electron chi connectivity index (χ2n) is 6.09. The van der Waals surface area contributed by atoms with E-state index < -0.39 is 0 Å². The van der Waals surface area contributed by atoms with E-state index in [1.54, 1.807) is 18.2 Å². The van der Waals surface area contributed by atoms with Gasteiger partial charge in [-0.3, -0.25) is 4.79 Å². The quantitative estimate of drug-likeness (QED) is 0.657. The SMILES string of the molecule is CCCCN(CCCC)c1ccc(O)c(C(=O)c2ccccc2)c1. The van der Waals surface area contributed by atoms with Crippen molar-refractivity contribution in [2.75, 3.05) is 18.0 Å². The van der Waals surface area contributed by atoms with Gasteiger partial charge in [0.2, 0.25) is 0 Å². The van der Waals surface area contributed by atoms with Gasteiger partial charge >= 0.3 is 0 Å². The van der Waals surface area contributed by atoms with Crippen LogP contribution in [0.5, 0.6) is 5.75 Å². The van der Waals surface area contributed by atoms with Crippen LogP contribution in [0.1, 0.15) is 55.5 Å². The van der Waals surface area contributed by atoms with Crippen LogP contribution in [0.3, 0.4) is 0 Å². The van der Waals surface area contributed by atoms with Gasteiger partial charge in [-0.15, -0.1) is 0 Å². The Kier molecular flexibility index (Phi) is 6.86. The summed E-state index contributed by atoms with van der Waals surface area (Å²) in [4.78, 5) is 15.0. The summed E-state index contributed by atoms with van der Waals surface area (Å²) in [5.74, 6) is -0.0978. The Morgan fingerprint density at radius 1 is 0.958 bits per heavy atom. The van der Waals surface area contributed by atoms with Crippen molar-refractivity contribution in [2.24, 2.45) is 0 Å². The lowest BCUT2D eigenvalue weighted by atomic mass is 10.0. The average Bonchev–Trinajstić information content (AvgIpc) is 2.63. The number of rotatable bonds is 9. The first-order valence-corrected chi connectivity index (χ1v) is 8.85. The van der Waals surface area contributed by atoms with Crippen molar-refractivity contribution in [3.63, 3.8) is 0 Å². The number of hydrogen-bond donors (Lipinski definition) is 1. The summed E-state index contributed by atoms with van der Waals surface area (Å²) in [6.45, 7) is 6.30. The van der Waals surface area contributed by atoms with E-state index in [4.69, 9.17) is 0 Å². The Bertz CT molecular complexity index is 644. The van der Waals surface area contributed by atoms with Crippen molar-refractivity contribution < 1.29 is 9.90 Å². The van der Waals surface area contributed by atoms with E-state index in [2.05, 4.69) is 18.7 Å². The van der Waals surface area contributed by atoms with Crippen LogP contribution in [-0.4, -0.2) is 24.0 Å². The third-order valence-electron chi connectivity index (χ3n) is 4.19. The summed E-state index contributed by atoms with van der Waals surface area (Å²) in [5, 5.41) is 10.2. The number of carbonyl (C=O) groups is 1. The van der Waals surface area contributed by atoms with Gasteiger partial charge < -0.3 is 10.0 Å². The number of unbranched alkanes of at least 4 members (excludes halogenated alkanes) is 2. The molecule has 0 unspecified atom stereocenters. The fourth-order valence-electron chi connectivity index (χ4n) is 2.72. The fraction of sp³-hybridized carbons (Fsp3) is 0.381. The van der Waals surface area contributed by atoms with Gasteiger partial charge in [-0.25, -0.2) is 0 Å². The third kappa shape index (κ3) is 4.60. The van der Waals surface area contributed by atoms with Crippen LogP contribution in [0.2, 0.25) is 0 Å². The molecule has 0 radical (unpaired) electrons. The highest BCUT2D eigenvalue weighted by Crippen LogP contribution is 2.27. The van der Waals surface area contributed by atoms with Gasteiger partial charge in [0, 0.05) is 24.3 Å². The summed E-state index contributed by atoms with van der Waals surface area (Å²) >= 11 is 0. The molecule has 1 N–H and O–H groups in total. The van der Waals surface area contributed by atoms with E-state index in [9.17, 15) is 9.90 Å². The third-order valence-corrected chi connectivity index (χ3v) is 4.19. The molecule has 0 saturated carbocycles. The molecule has 24 heavy (non-hydrogen) atoms. The van der Waals surface area contributed by atoms with Gasteiger partial charge in [0.15, 0.2) is 5.78 Å². The van der Waals surface area contributed by atoms with Crippen molar-refractivity contribution in [1.29, 1.82) is 0 Å². The lowest BCUT2D eigenvalue weighted by molar-refractivity contribution is 0.103. The standard InChI is InChI=1S/C21H27NO2/c1-3-5-14-22(15-6-4-2)18-12-13-20(23)19(16-18)21(24)17-10-8-7-9-11-17/h7-13,16,23H,3-6,14-15H2,1-2H3. The van der Waals surface area contributed by atoms with Gasteiger partial charge in [0.1, 0.15) is 5.75 Å². The van der Waals surface area contributed by atoms with Crippen LogP contribution in [0.4, 0.5) is 5.69 Å². The number of anilines is 1. The minimum atomic E-state index is -0.138. The van der Waals surface area contributed by atoms with Crippen molar-refractivity contribution in [2.45, 2.75) is 39.5 Å². The number of aromatic hydroxyl groups is 1. The van der Waals surface area contributed by atoms with Crippen LogP contribution >= 0.6 is 0 Å². The molecule has 0 spiro atoms. The van der Waals surface area contributed by atoms with Crippen molar-refractivity contribution in [3.05, 3.63) is 59.7 Å². The van der Waals surface area contributed by atoms with Crippen molar-refractivity contribution in [3.8, 4) is 5.75 Å². The normalized spacial score (nSPS) is 10.6. The highest BCUT2D eigenvalue weighted by atomic mass is 16.3. The minimum Gasteiger partial charge on any atom is -0.507 e. The highest BCUT2D eigenvalue weighted by Gasteiger charge is 2.16. The van der Waals surface area contributed by atoms with E-state index in [0.717, 1.165) is 44.5 Å². The molecular formula is C21H27NO2. The molecule has 0 bridgehead atoms. The average molecular weight is 325 g/mol. The molecule has 0 amide bonds. The molecule has 0 aliphatic carbocycles. The zero-order valence-corrected chi connectivity index (χ0v) is 14.7. The maximum Gasteiger partial charge on any atom is 0.196 e. The number of benzene rings is 2. The zero-order chi connectivity index (χ0) is 17.4. The monoisotopic (exact) mass is 325 g/mol. The van der Waals surface area contributed by atoms with E-state index >= 15 is 0 Å². The lowest BCUT2D eigenvalue weighted by Gasteiger charge is -2.25. The van der Waals surface area contributed by atoms with Crippen LogP contribution in [0.15, 0.2) is 48.5 Å². The topological polar surface area (TPSA) is 40.5 Å². The maximum absolute atomic E-state index is 12.7. The zero-order valence-electron chi connectivity index (χ0n) is 14.7. The molecule has 3 heteroatoms. The summed E-state index contributed by atoms with van der Waals surface area (Å²) in [6.07, 6.45) is 4.51. The summed E-state index contributed by atoms with van der Waals surface area (Å²) in [6, 6.07) is 14.5. The number of phenols is 1. The van der Waals surface area contributed by atoms with Gasteiger partial charge in [-0.1, -0.05) is 57.0 Å². The first-order chi connectivity index (χ1) is 11.7. The first-order valence-electron chi connectivity index (χ1n) is 8.85. The summed E-state index contributed by atoms with van der Waals surface area (Å²) < 4.78 is 0. The molecule has 0 atom stereocenters. The van der Waals surface area contributed by atoms with Gasteiger partial charge in [0.25, 0.3) is 0 Å². The molecule has 0 aliphatic heterocycles. The molecule has 2 aromatic carbocycles. The van der Waals surface area contributed by atoms with Gasteiger partial charge in [0.05, 0.1) is 5.56 Å². The lowest BCUT2D eigenvalue weighted by Crippen LogP contribution is -2.25. The molecule has 0 aliphatic rings. The van der Waals surface area contributed by atoms with Crippen LogP contribution in [0, 0.1) is 0 Å². The first kappa shape index (κ1) is 18.1. The van der Waals surface area contributed by atoms with Crippen molar-refractivity contribution >= 4 is 11.5 Å². The second-order valence-corrected chi connectivity index (χ2v) is 6.09. The molecule has 2 rings (SSSR count). The minimum absolute atomic E-state index is 0.0403. The molecule has 0 fully saturated rings. The largest absolute Gasteiger partial charge is 0.507 e. The number of hydrogen-bond acceptors (Lipinski definition) is 3. The number of nitrogens with zero attached hydrogens (tertiary/aromatic N) is 1. The van der Waals surface area contributed by atoms with Crippen LogP contribution in [-0.2, 0) is 0 Å². The molecule has 0 aromatic heterocycles. The smallest absolute Gasteiger partial charge is 0.196 e. The molecule has 0 saturated heterocycles. The summed E-state index contributed by atoms with van der Waals surface area (Å²) in [5.41, 5.74) is 1.98. The Balaban J connectivity index is 2.30. The Morgan fingerprint density at radius 3 is 2.17 bits per heavy atom. The Hall–Kier alpha value is -2.29. The second kappa shape index (κ2) is 9.11. The maximum atomic E-state index is 12.7. The van der Waals surface area contributed by atoms with Crippen LogP contribution in [0.25, 0.3) is 0 Å². The van der Waals surface area contributed by atoms with Gasteiger partial charge in [-0.2, -0.15) is 0 Å². The number of carbonyl (C=O) groups excluding carboxylic acids is 1. The number of phenolic OH excluding ortho intramolecular Hbond substituents is 1. The molecule has 2 aromatic rings. The van der Waals surface area contributed by atoms with E-state index in [1.165, 1.54) is 0 Å². The van der Waals surface area contributed by atoms with Gasteiger partial charge in [-0.05, 0) is 31.0 Å². The predicted octanol–water partition coefficient (Wildman–Crippen LogP) is 5.03. The van der Waals surface area contributed by atoms with Crippen molar-refractivity contribution in [1.82, 2.24) is 0 Å². The van der Waals surface area contributed by atoms with Crippen LogP contribution < -0.4 is 4.90 Å². The molecule has 128 valence electrons. The van der Waals surface area contributed by atoms with E-state index in [-0.39, 0.29) is 11.5 Å². The van der Waals surface area contributed by atoms with E-state index in [1.807, 2.05) is 30.3 Å². The molecular weight excluding hydrogens is 298 g/mol. The predicted molar refractivity (Wildman–Crippen MR) is 100 cm³/mol. The summed E-state index contributed by atoms with van der Waals surface area (Å²) in [7, 11) is 0. The fourth-order valence-corrected chi connectivity index (χ4v) is 2.72.